The van der Waals surface area contributed by atoms with E-state index in [4.69, 9.17) is 9.47 Å². The first-order chi connectivity index (χ1) is 6.09. The van der Waals surface area contributed by atoms with Gasteiger partial charge in [-0.25, -0.2) is 0 Å². The maximum absolute atomic E-state index is 10.8. The van der Waals surface area contributed by atoms with E-state index in [9.17, 15) is 4.79 Å². The Labute approximate surface area is 79.4 Å². The Kier molecular flexibility index (Phi) is 3.72. The number of hydrogen-bond donors (Lipinski definition) is 0. The molecule has 0 aromatic heterocycles. The van der Waals surface area contributed by atoms with Crippen molar-refractivity contribution in [3.05, 3.63) is 0 Å². The molecule has 0 amide bonds. The second-order valence-electron chi connectivity index (χ2n) is 3.83. The molecule has 0 N–H and O–H groups in total. The SMILES string of the molecule is CC(=O)OC1OC(C)CCCC1C. The van der Waals surface area contributed by atoms with Crippen molar-refractivity contribution in [1.82, 2.24) is 0 Å². The van der Waals surface area contributed by atoms with Crippen LogP contribution in [-0.2, 0) is 14.3 Å². The molecule has 0 spiro atoms. The van der Waals surface area contributed by atoms with Gasteiger partial charge in [0.25, 0.3) is 0 Å². The summed E-state index contributed by atoms with van der Waals surface area (Å²) in [6, 6.07) is 0. The van der Waals surface area contributed by atoms with Gasteiger partial charge in [-0.1, -0.05) is 13.3 Å². The molecular weight excluding hydrogens is 168 g/mol. The quantitative estimate of drug-likeness (QED) is 0.588. The molecule has 13 heavy (non-hydrogen) atoms. The van der Waals surface area contributed by atoms with E-state index in [2.05, 4.69) is 6.92 Å². The van der Waals surface area contributed by atoms with Crippen LogP contribution in [0.4, 0.5) is 0 Å². The minimum Gasteiger partial charge on any atom is -0.436 e. The van der Waals surface area contributed by atoms with E-state index in [0.29, 0.717) is 5.92 Å². The van der Waals surface area contributed by atoms with E-state index < -0.39 is 0 Å². The number of hydrogen-bond acceptors (Lipinski definition) is 3. The predicted octanol–water partition coefficient (Wildman–Crippen LogP) is 2.10. The summed E-state index contributed by atoms with van der Waals surface area (Å²) >= 11 is 0. The summed E-state index contributed by atoms with van der Waals surface area (Å²) in [4.78, 5) is 10.8. The highest BCUT2D eigenvalue weighted by Crippen LogP contribution is 2.24. The molecule has 3 heteroatoms. The standard InChI is InChI=1S/C10H18O3/c1-7-5-4-6-8(2)12-10(7)13-9(3)11/h7-8,10H,4-6H2,1-3H3. The maximum Gasteiger partial charge on any atom is 0.304 e. The number of carbonyl (C=O) groups excluding carboxylic acids is 1. The van der Waals surface area contributed by atoms with Gasteiger partial charge in [-0.15, -0.1) is 0 Å². The van der Waals surface area contributed by atoms with E-state index in [1.54, 1.807) is 0 Å². The Balaban J connectivity index is 2.51. The lowest BCUT2D eigenvalue weighted by molar-refractivity contribution is -0.195. The minimum atomic E-state index is -0.338. The highest BCUT2D eigenvalue weighted by atomic mass is 16.7. The lowest BCUT2D eigenvalue weighted by Gasteiger charge is -2.22. The average molecular weight is 186 g/mol. The predicted molar refractivity (Wildman–Crippen MR) is 49.1 cm³/mol. The molecule has 0 saturated carbocycles. The zero-order valence-electron chi connectivity index (χ0n) is 8.58. The van der Waals surface area contributed by atoms with Crippen molar-refractivity contribution in [2.45, 2.75) is 52.4 Å². The summed E-state index contributed by atoms with van der Waals surface area (Å²) in [5.74, 6) is 0.0554. The van der Waals surface area contributed by atoms with Crippen LogP contribution in [-0.4, -0.2) is 18.4 Å². The lowest BCUT2D eigenvalue weighted by atomic mass is 10.0. The van der Waals surface area contributed by atoms with Gasteiger partial charge in [0.15, 0.2) is 0 Å². The molecule has 1 saturated heterocycles. The fraction of sp³-hybridized carbons (Fsp3) is 0.900. The van der Waals surface area contributed by atoms with Gasteiger partial charge in [0, 0.05) is 12.8 Å². The Hall–Kier alpha value is -0.570. The molecule has 1 aliphatic heterocycles. The molecule has 3 atom stereocenters. The zero-order chi connectivity index (χ0) is 9.84. The van der Waals surface area contributed by atoms with E-state index in [1.807, 2.05) is 6.92 Å². The van der Waals surface area contributed by atoms with Gasteiger partial charge in [-0.05, 0) is 19.8 Å². The Bertz CT molecular complexity index is 179. The normalized spacial score (nSPS) is 35.2. The zero-order valence-corrected chi connectivity index (χ0v) is 8.58. The molecule has 1 fully saturated rings. The van der Waals surface area contributed by atoms with Gasteiger partial charge in [0.2, 0.25) is 6.29 Å². The van der Waals surface area contributed by atoms with Crippen LogP contribution in [0.25, 0.3) is 0 Å². The molecule has 1 heterocycles. The first-order valence-electron chi connectivity index (χ1n) is 4.92. The number of ether oxygens (including phenoxy) is 2. The van der Waals surface area contributed by atoms with Crippen LogP contribution in [0.1, 0.15) is 40.0 Å². The van der Waals surface area contributed by atoms with Gasteiger partial charge in [0.1, 0.15) is 0 Å². The van der Waals surface area contributed by atoms with Crippen LogP contribution in [0.5, 0.6) is 0 Å². The summed E-state index contributed by atoms with van der Waals surface area (Å²) < 4.78 is 10.7. The van der Waals surface area contributed by atoms with Crippen LogP contribution in [0.15, 0.2) is 0 Å². The Morgan fingerprint density at radius 3 is 2.69 bits per heavy atom. The topological polar surface area (TPSA) is 35.5 Å². The minimum absolute atomic E-state index is 0.203. The van der Waals surface area contributed by atoms with E-state index in [0.717, 1.165) is 19.3 Å². The monoisotopic (exact) mass is 186 g/mol. The van der Waals surface area contributed by atoms with Gasteiger partial charge >= 0.3 is 5.97 Å². The third kappa shape index (κ3) is 3.35. The number of carbonyl (C=O) groups is 1. The van der Waals surface area contributed by atoms with Crippen molar-refractivity contribution in [3.8, 4) is 0 Å². The van der Waals surface area contributed by atoms with Crippen molar-refractivity contribution >= 4 is 5.97 Å². The third-order valence-electron chi connectivity index (χ3n) is 2.38. The number of esters is 1. The van der Waals surface area contributed by atoms with Crippen molar-refractivity contribution in [3.63, 3.8) is 0 Å². The summed E-state index contributed by atoms with van der Waals surface area (Å²) in [7, 11) is 0. The van der Waals surface area contributed by atoms with Crippen LogP contribution in [0, 0.1) is 5.92 Å². The summed E-state index contributed by atoms with van der Waals surface area (Å²) in [5, 5.41) is 0. The fourth-order valence-electron chi connectivity index (χ4n) is 1.60. The number of rotatable bonds is 1. The molecule has 0 bridgehead atoms. The summed E-state index contributed by atoms with van der Waals surface area (Å²) in [6.45, 7) is 5.51. The van der Waals surface area contributed by atoms with E-state index in [-0.39, 0.29) is 18.4 Å². The van der Waals surface area contributed by atoms with Gasteiger partial charge < -0.3 is 9.47 Å². The molecule has 76 valence electrons. The first kappa shape index (κ1) is 10.5. The van der Waals surface area contributed by atoms with Crippen LogP contribution < -0.4 is 0 Å². The summed E-state index contributed by atoms with van der Waals surface area (Å²) in [5.41, 5.74) is 0. The molecule has 0 aromatic rings. The second-order valence-corrected chi connectivity index (χ2v) is 3.83. The van der Waals surface area contributed by atoms with E-state index in [1.165, 1.54) is 6.92 Å². The first-order valence-corrected chi connectivity index (χ1v) is 4.92. The smallest absolute Gasteiger partial charge is 0.304 e. The van der Waals surface area contributed by atoms with E-state index >= 15 is 0 Å². The third-order valence-corrected chi connectivity index (χ3v) is 2.38. The highest BCUT2D eigenvalue weighted by molar-refractivity contribution is 5.66. The average Bonchev–Trinajstić information content (AvgIpc) is 2.14. The largest absolute Gasteiger partial charge is 0.436 e. The molecule has 0 aliphatic carbocycles. The maximum atomic E-state index is 10.8. The van der Waals surface area contributed by atoms with Crippen LogP contribution >= 0.6 is 0 Å². The Morgan fingerprint density at radius 2 is 2.08 bits per heavy atom. The molecule has 1 aliphatic rings. The lowest BCUT2D eigenvalue weighted by Crippen LogP contribution is -2.28. The van der Waals surface area contributed by atoms with Gasteiger partial charge in [-0.2, -0.15) is 0 Å². The molecule has 1 rings (SSSR count). The highest BCUT2D eigenvalue weighted by Gasteiger charge is 2.26. The molecule has 3 nitrogen and oxygen atoms in total. The van der Waals surface area contributed by atoms with Crippen molar-refractivity contribution in [2.75, 3.05) is 0 Å². The van der Waals surface area contributed by atoms with Crippen molar-refractivity contribution < 1.29 is 14.3 Å². The van der Waals surface area contributed by atoms with Crippen LogP contribution in [0.2, 0.25) is 0 Å². The molecular formula is C10H18O3. The Morgan fingerprint density at radius 1 is 1.38 bits per heavy atom. The van der Waals surface area contributed by atoms with Crippen LogP contribution in [0.3, 0.4) is 0 Å². The summed E-state index contributed by atoms with van der Waals surface area (Å²) in [6.07, 6.45) is 3.15. The second kappa shape index (κ2) is 4.61. The van der Waals surface area contributed by atoms with Gasteiger partial charge in [-0.3, -0.25) is 4.79 Å². The van der Waals surface area contributed by atoms with Crippen molar-refractivity contribution in [2.24, 2.45) is 5.92 Å². The van der Waals surface area contributed by atoms with Gasteiger partial charge in [0.05, 0.1) is 6.10 Å². The molecule has 0 aromatic carbocycles. The van der Waals surface area contributed by atoms with Crippen molar-refractivity contribution in [1.29, 1.82) is 0 Å². The molecule has 3 unspecified atom stereocenters. The fourth-order valence-corrected chi connectivity index (χ4v) is 1.60. The molecule has 0 radical (unpaired) electrons.